The molecule has 1 aromatic rings. The van der Waals surface area contributed by atoms with E-state index in [4.69, 9.17) is 14.6 Å². The predicted octanol–water partition coefficient (Wildman–Crippen LogP) is 1.40. The molecule has 0 bridgehead atoms. The molecule has 0 radical (unpaired) electrons. The van der Waals surface area contributed by atoms with Gasteiger partial charge in [-0.05, 0) is 56.4 Å². The molecule has 3 aliphatic heterocycles. The number of aliphatic hydroxyl groups is 1. The van der Waals surface area contributed by atoms with Gasteiger partial charge in [0.2, 0.25) is 0 Å². The molecule has 0 aliphatic carbocycles. The maximum absolute atomic E-state index is 12.8. The quantitative estimate of drug-likeness (QED) is 0.468. The maximum atomic E-state index is 12.8. The number of hydrogen-bond acceptors (Lipinski definition) is 7. The highest BCUT2D eigenvalue weighted by Crippen LogP contribution is 2.43. The Hall–Kier alpha value is -2.65. The zero-order valence-electron chi connectivity index (χ0n) is 18.4. The van der Waals surface area contributed by atoms with Crippen LogP contribution < -0.4 is 0 Å². The number of phenols is 1. The minimum absolute atomic E-state index is 0.0576. The van der Waals surface area contributed by atoms with Crippen molar-refractivity contribution in [2.45, 2.75) is 51.2 Å². The normalized spacial score (nSPS) is 23.4. The number of ether oxygens (including phenoxy) is 1. The third kappa shape index (κ3) is 5.39. The fourth-order valence-electron chi connectivity index (χ4n) is 4.85. The predicted molar refractivity (Wildman–Crippen MR) is 115 cm³/mol. The fourth-order valence-corrected chi connectivity index (χ4v) is 4.85. The topological polar surface area (TPSA) is 128 Å². The molecule has 1 amide bonds. The van der Waals surface area contributed by atoms with E-state index in [1.54, 1.807) is 30.0 Å². The Morgan fingerprint density at radius 3 is 2.44 bits per heavy atom. The first-order valence-corrected chi connectivity index (χ1v) is 11.1. The summed E-state index contributed by atoms with van der Waals surface area (Å²) in [6, 6.07) is 4.90. The first-order chi connectivity index (χ1) is 15.3. The Morgan fingerprint density at radius 2 is 1.84 bits per heavy atom. The number of cyclic esters (lactones) is 1. The molecule has 1 spiro atoms. The van der Waals surface area contributed by atoms with E-state index in [0.29, 0.717) is 43.5 Å². The summed E-state index contributed by atoms with van der Waals surface area (Å²) in [6.45, 7) is 5.02. The zero-order chi connectivity index (χ0) is 23.3. The summed E-state index contributed by atoms with van der Waals surface area (Å²) in [4.78, 5) is 37.9. The number of esters is 1. The lowest BCUT2D eigenvalue weighted by Crippen LogP contribution is -2.45. The average molecular weight is 449 g/mol. The number of likely N-dealkylation sites (tertiary alicyclic amines) is 2. The molecule has 4 rings (SSSR count). The van der Waals surface area contributed by atoms with E-state index >= 15 is 0 Å². The van der Waals surface area contributed by atoms with E-state index in [1.165, 1.54) is 0 Å². The SMILES string of the molecule is Cc1cc(C(=O)N2CCC3(CC2)CC(CN2CCC(O)CC2)OC3=O)ccc1O.O=CO. The first-order valence-electron chi connectivity index (χ1n) is 11.1. The van der Waals surface area contributed by atoms with Gasteiger partial charge in [-0.2, -0.15) is 0 Å². The molecule has 0 saturated carbocycles. The lowest BCUT2D eigenvalue weighted by Gasteiger charge is -2.36. The highest BCUT2D eigenvalue weighted by molar-refractivity contribution is 5.95. The number of nitrogens with zero attached hydrogens (tertiary/aromatic N) is 2. The number of aromatic hydroxyl groups is 1. The lowest BCUT2D eigenvalue weighted by molar-refractivity contribution is -0.151. The first kappa shape index (κ1) is 24.0. The van der Waals surface area contributed by atoms with Gasteiger partial charge in [-0.3, -0.25) is 19.3 Å². The third-order valence-electron chi connectivity index (χ3n) is 6.80. The number of phenolic OH excluding ortho intramolecular Hbond substituents is 1. The highest BCUT2D eigenvalue weighted by Gasteiger charge is 2.51. The molecule has 1 aromatic carbocycles. The van der Waals surface area contributed by atoms with Crippen molar-refractivity contribution in [1.29, 1.82) is 0 Å². The summed E-state index contributed by atoms with van der Waals surface area (Å²) in [5.74, 6) is 0.00645. The molecular formula is C23H32N2O7. The second-order valence-corrected chi connectivity index (χ2v) is 8.94. The largest absolute Gasteiger partial charge is 0.508 e. The van der Waals surface area contributed by atoms with Crippen molar-refractivity contribution in [2.24, 2.45) is 5.41 Å². The van der Waals surface area contributed by atoms with Gasteiger partial charge in [0.1, 0.15) is 11.9 Å². The molecule has 3 fully saturated rings. The molecule has 1 unspecified atom stereocenters. The molecule has 3 heterocycles. The average Bonchev–Trinajstić information content (AvgIpc) is 3.06. The summed E-state index contributed by atoms with van der Waals surface area (Å²) in [5.41, 5.74) is 0.772. The number of amides is 1. The molecule has 0 aromatic heterocycles. The van der Waals surface area contributed by atoms with Crippen molar-refractivity contribution in [3.8, 4) is 5.75 Å². The summed E-state index contributed by atoms with van der Waals surface area (Å²) >= 11 is 0. The van der Waals surface area contributed by atoms with E-state index in [0.717, 1.165) is 32.5 Å². The summed E-state index contributed by atoms with van der Waals surface area (Å²) in [5, 5.41) is 26.2. The Morgan fingerprint density at radius 1 is 1.22 bits per heavy atom. The minimum Gasteiger partial charge on any atom is -0.508 e. The van der Waals surface area contributed by atoms with Crippen LogP contribution in [0.3, 0.4) is 0 Å². The second kappa shape index (κ2) is 10.3. The van der Waals surface area contributed by atoms with Gasteiger partial charge in [0.15, 0.2) is 0 Å². The third-order valence-corrected chi connectivity index (χ3v) is 6.80. The minimum atomic E-state index is -0.471. The molecule has 3 saturated heterocycles. The fraction of sp³-hybridized carbons (Fsp3) is 0.609. The van der Waals surface area contributed by atoms with Gasteiger partial charge in [-0.1, -0.05) is 0 Å². The molecule has 3 aliphatic rings. The lowest BCUT2D eigenvalue weighted by atomic mass is 9.76. The standard InChI is InChI=1S/C22H30N2O5.CH2O2/c1-15-12-16(2-3-19(15)26)20(27)24-10-6-22(7-11-24)13-18(29-21(22)28)14-23-8-4-17(25)5-9-23;2-1-3/h2-3,12,17-18,25-26H,4-11,13-14H2,1H3;1H,(H,2,3). The van der Waals surface area contributed by atoms with Crippen LogP contribution in [-0.4, -0.2) is 88.4 Å². The van der Waals surface area contributed by atoms with Crippen LogP contribution in [0.25, 0.3) is 0 Å². The zero-order valence-corrected chi connectivity index (χ0v) is 18.4. The van der Waals surface area contributed by atoms with Crippen LogP contribution in [-0.2, 0) is 14.3 Å². The summed E-state index contributed by atoms with van der Waals surface area (Å²) < 4.78 is 5.72. The molecule has 32 heavy (non-hydrogen) atoms. The van der Waals surface area contributed by atoms with Crippen LogP contribution in [0.5, 0.6) is 5.75 Å². The molecular weight excluding hydrogens is 416 g/mol. The monoisotopic (exact) mass is 448 g/mol. The van der Waals surface area contributed by atoms with Gasteiger partial charge >= 0.3 is 5.97 Å². The van der Waals surface area contributed by atoms with Crippen molar-refractivity contribution < 1.29 is 34.4 Å². The van der Waals surface area contributed by atoms with Crippen molar-refractivity contribution >= 4 is 18.3 Å². The van der Waals surface area contributed by atoms with Crippen molar-refractivity contribution in [1.82, 2.24) is 9.80 Å². The van der Waals surface area contributed by atoms with Crippen LogP contribution in [0.4, 0.5) is 0 Å². The number of carbonyl (C=O) groups excluding carboxylic acids is 2. The number of aliphatic hydroxyl groups excluding tert-OH is 1. The van der Waals surface area contributed by atoms with Gasteiger partial charge in [0.25, 0.3) is 12.4 Å². The molecule has 176 valence electrons. The van der Waals surface area contributed by atoms with E-state index in [9.17, 15) is 19.8 Å². The number of hydrogen-bond donors (Lipinski definition) is 3. The Bertz CT molecular complexity index is 828. The van der Waals surface area contributed by atoms with Crippen LogP contribution in [0.2, 0.25) is 0 Å². The highest BCUT2D eigenvalue weighted by atomic mass is 16.6. The van der Waals surface area contributed by atoms with Gasteiger partial charge in [0.05, 0.1) is 11.5 Å². The van der Waals surface area contributed by atoms with Gasteiger partial charge in [0, 0.05) is 44.7 Å². The molecule has 3 N–H and O–H groups in total. The number of carboxylic acid groups (broad SMARTS) is 1. The van der Waals surface area contributed by atoms with Crippen LogP contribution in [0, 0.1) is 12.3 Å². The Labute approximate surface area is 187 Å². The van der Waals surface area contributed by atoms with E-state index in [2.05, 4.69) is 4.90 Å². The number of rotatable bonds is 3. The van der Waals surface area contributed by atoms with Gasteiger partial charge < -0.3 is 25.0 Å². The van der Waals surface area contributed by atoms with Crippen molar-refractivity contribution in [2.75, 3.05) is 32.7 Å². The van der Waals surface area contributed by atoms with E-state index in [-0.39, 0.29) is 36.3 Å². The van der Waals surface area contributed by atoms with Crippen LogP contribution >= 0.6 is 0 Å². The van der Waals surface area contributed by atoms with Crippen LogP contribution in [0.1, 0.15) is 48.0 Å². The smallest absolute Gasteiger partial charge is 0.312 e. The Balaban J connectivity index is 0.000000913. The maximum Gasteiger partial charge on any atom is 0.312 e. The molecule has 9 heteroatoms. The molecule has 1 atom stereocenters. The van der Waals surface area contributed by atoms with Gasteiger partial charge in [-0.25, -0.2) is 0 Å². The van der Waals surface area contributed by atoms with Crippen LogP contribution in [0.15, 0.2) is 18.2 Å². The van der Waals surface area contributed by atoms with Crippen molar-refractivity contribution in [3.63, 3.8) is 0 Å². The number of carbonyl (C=O) groups is 3. The molecule has 9 nitrogen and oxygen atoms in total. The second-order valence-electron chi connectivity index (χ2n) is 8.94. The number of benzene rings is 1. The Kier molecular flexibility index (Phi) is 7.73. The number of aryl methyl sites for hydroxylation is 1. The van der Waals surface area contributed by atoms with E-state index < -0.39 is 5.41 Å². The number of piperidine rings is 2. The summed E-state index contributed by atoms with van der Waals surface area (Å²) in [6.07, 6.45) is 3.22. The van der Waals surface area contributed by atoms with E-state index in [1.807, 2.05) is 0 Å². The summed E-state index contributed by atoms with van der Waals surface area (Å²) in [7, 11) is 0. The van der Waals surface area contributed by atoms with Gasteiger partial charge in [-0.15, -0.1) is 0 Å². The van der Waals surface area contributed by atoms with Crippen molar-refractivity contribution in [3.05, 3.63) is 29.3 Å².